The number of hydrogen-bond donors (Lipinski definition) is 2. The molecule has 0 aromatic heterocycles. The van der Waals surface area contributed by atoms with Gasteiger partial charge in [-0.1, -0.05) is 44.2 Å². The lowest BCUT2D eigenvalue weighted by Gasteiger charge is -2.25. The van der Waals surface area contributed by atoms with Crippen LogP contribution in [-0.2, 0) is 11.2 Å². The second-order valence-electron chi connectivity index (χ2n) is 5.33. The lowest BCUT2D eigenvalue weighted by molar-refractivity contribution is -0.122. The maximum atomic E-state index is 11.4. The maximum absolute atomic E-state index is 11.4. The molecule has 0 aliphatic heterocycles. The third kappa shape index (κ3) is 5.00. The van der Waals surface area contributed by atoms with Crippen molar-refractivity contribution in [1.29, 1.82) is 0 Å². The molecule has 94 valence electrons. The molecule has 0 spiro atoms. The topological polar surface area (TPSA) is 55.1 Å². The van der Waals surface area contributed by atoms with E-state index in [1.54, 1.807) is 6.92 Å². The monoisotopic (exact) mass is 234 g/mol. The fraction of sp³-hybridized carbons (Fsp3) is 0.500. The van der Waals surface area contributed by atoms with Crippen molar-refractivity contribution in [3.05, 3.63) is 35.9 Å². The van der Waals surface area contributed by atoms with Gasteiger partial charge in [-0.15, -0.1) is 0 Å². The third-order valence-corrected chi connectivity index (χ3v) is 2.68. The minimum absolute atomic E-state index is 0.0336. The van der Waals surface area contributed by atoms with Gasteiger partial charge in [0.15, 0.2) is 0 Å². The summed E-state index contributed by atoms with van der Waals surface area (Å²) in [7, 11) is 0. The largest absolute Gasteiger partial charge is 0.354 e. The Kier molecular flexibility index (Phi) is 4.70. The fourth-order valence-electron chi connectivity index (χ4n) is 1.70. The third-order valence-electron chi connectivity index (χ3n) is 2.68. The smallest absolute Gasteiger partial charge is 0.236 e. The van der Waals surface area contributed by atoms with E-state index < -0.39 is 6.04 Å². The summed E-state index contributed by atoms with van der Waals surface area (Å²) in [6.07, 6.45) is 0.938. The van der Waals surface area contributed by atoms with Crippen molar-refractivity contribution in [2.24, 2.45) is 11.1 Å². The summed E-state index contributed by atoms with van der Waals surface area (Å²) in [4.78, 5) is 11.4. The average molecular weight is 234 g/mol. The molecule has 3 heteroatoms. The van der Waals surface area contributed by atoms with Crippen LogP contribution in [0.15, 0.2) is 30.3 Å². The number of hydrogen-bond acceptors (Lipinski definition) is 2. The first-order valence-corrected chi connectivity index (χ1v) is 5.98. The molecular formula is C14H22N2O. The Balaban J connectivity index is 2.49. The minimum atomic E-state index is -0.442. The van der Waals surface area contributed by atoms with Crippen molar-refractivity contribution >= 4 is 5.91 Å². The van der Waals surface area contributed by atoms with Gasteiger partial charge in [0, 0.05) is 6.54 Å². The highest BCUT2D eigenvalue weighted by atomic mass is 16.2. The Bertz CT molecular complexity index is 358. The normalized spacial score (nSPS) is 13.2. The summed E-state index contributed by atoms with van der Waals surface area (Å²) in [5.74, 6) is -0.0915. The molecule has 1 aromatic rings. The van der Waals surface area contributed by atoms with Crippen LogP contribution in [0.4, 0.5) is 0 Å². The molecule has 0 fully saturated rings. The molecule has 0 bridgehead atoms. The number of carbonyl (C=O) groups excluding carboxylic acids is 1. The molecule has 1 atom stereocenters. The van der Waals surface area contributed by atoms with E-state index in [0.29, 0.717) is 6.54 Å². The van der Waals surface area contributed by atoms with Crippen LogP contribution in [0.3, 0.4) is 0 Å². The van der Waals surface area contributed by atoms with Crippen LogP contribution in [0.5, 0.6) is 0 Å². The average Bonchev–Trinajstić information content (AvgIpc) is 2.26. The SMILES string of the molecule is C[C@H](N)C(=O)NCC(C)(C)Cc1ccccc1. The van der Waals surface area contributed by atoms with E-state index in [-0.39, 0.29) is 11.3 Å². The van der Waals surface area contributed by atoms with Gasteiger partial charge in [-0.25, -0.2) is 0 Å². The van der Waals surface area contributed by atoms with Crippen LogP contribution >= 0.6 is 0 Å². The molecule has 17 heavy (non-hydrogen) atoms. The molecule has 0 aliphatic carbocycles. The summed E-state index contributed by atoms with van der Waals surface area (Å²) in [5.41, 5.74) is 6.82. The number of benzene rings is 1. The van der Waals surface area contributed by atoms with E-state index in [9.17, 15) is 4.79 Å². The summed E-state index contributed by atoms with van der Waals surface area (Å²) in [5, 5.41) is 2.88. The van der Waals surface area contributed by atoms with Crippen LogP contribution in [0.25, 0.3) is 0 Å². The van der Waals surface area contributed by atoms with Gasteiger partial charge in [0.1, 0.15) is 0 Å². The Morgan fingerprint density at radius 1 is 1.35 bits per heavy atom. The van der Waals surface area contributed by atoms with Crippen molar-refractivity contribution in [2.45, 2.75) is 33.2 Å². The van der Waals surface area contributed by atoms with Gasteiger partial charge in [0.05, 0.1) is 6.04 Å². The molecular weight excluding hydrogens is 212 g/mol. The lowest BCUT2D eigenvalue weighted by atomic mass is 9.85. The molecule has 0 saturated carbocycles. The Labute approximate surface area is 103 Å². The van der Waals surface area contributed by atoms with Gasteiger partial charge in [-0.2, -0.15) is 0 Å². The van der Waals surface area contributed by atoms with Gasteiger partial charge >= 0.3 is 0 Å². The highest BCUT2D eigenvalue weighted by molar-refractivity contribution is 5.80. The molecule has 0 heterocycles. The number of carbonyl (C=O) groups is 1. The second-order valence-corrected chi connectivity index (χ2v) is 5.33. The fourth-order valence-corrected chi connectivity index (χ4v) is 1.70. The number of amides is 1. The molecule has 1 rings (SSSR count). The minimum Gasteiger partial charge on any atom is -0.354 e. The zero-order valence-corrected chi connectivity index (χ0v) is 10.9. The molecule has 0 unspecified atom stereocenters. The van der Waals surface area contributed by atoms with Crippen molar-refractivity contribution in [3.8, 4) is 0 Å². The predicted molar refractivity (Wildman–Crippen MR) is 70.6 cm³/mol. The predicted octanol–water partition coefficient (Wildman–Crippen LogP) is 1.72. The maximum Gasteiger partial charge on any atom is 0.236 e. The van der Waals surface area contributed by atoms with Crippen LogP contribution < -0.4 is 11.1 Å². The quantitative estimate of drug-likeness (QED) is 0.815. The molecule has 0 aliphatic rings. The van der Waals surface area contributed by atoms with Gasteiger partial charge in [0.2, 0.25) is 5.91 Å². The van der Waals surface area contributed by atoms with Crippen molar-refractivity contribution in [2.75, 3.05) is 6.54 Å². The van der Waals surface area contributed by atoms with Gasteiger partial charge in [0.25, 0.3) is 0 Å². The first-order chi connectivity index (χ1) is 7.91. The molecule has 0 radical (unpaired) electrons. The standard InChI is InChI=1S/C14H22N2O/c1-11(15)13(17)16-10-14(2,3)9-12-7-5-4-6-8-12/h4-8,11H,9-10,15H2,1-3H3,(H,16,17)/t11-/m0/s1. The van der Waals surface area contributed by atoms with Crippen LogP contribution in [0, 0.1) is 5.41 Å². The number of rotatable bonds is 5. The Morgan fingerprint density at radius 3 is 2.47 bits per heavy atom. The van der Waals surface area contributed by atoms with Crippen LogP contribution in [0.1, 0.15) is 26.3 Å². The zero-order chi connectivity index (χ0) is 12.9. The van der Waals surface area contributed by atoms with E-state index in [4.69, 9.17) is 5.73 Å². The summed E-state index contributed by atoms with van der Waals surface area (Å²) < 4.78 is 0. The van der Waals surface area contributed by atoms with E-state index >= 15 is 0 Å². The number of nitrogens with one attached hydrogen (secondary N) is 1. The molecule has 1 aromatic carbocycles. The Morgan fingerprint density at radius 2 is 1.94 bits per heavy atom. The Hall–Kier alpha value is -1.35. The van der Waals surface area contributed by atoms with E-state index in [2.05, 4.69) is 31.3 Å². The molecule has 3 N–H and O–H groups in total. The summed E-state index contributed by atoms with van der Waals surface area (Å²) >= 11 is 0. The van der Waals surface area contributed by atoms with Crippen LogP contribution in [-0.4, -0.2) is 18.5 Å². The van der Waals surface area contributed by atoms with E-state index in [0.717, 1.165) is 6.42 Å². The van der Waals surface area contributed by atoms with Crippen LogP contribution in [0.2, 0.25) is 0 Å². The van der Waals surface area contributed by atoms with Gasteiger partial charge in [-0.05, 0) is 24.3 Å². The first-order valence-electron chi connectivity index (χ1n) is 5.98. The highest BCUT2D eigenvalue weighted by Crippen LogP contribution is 2.20. The van der Waals surface area contributed by atoms with Crippen molar-refractivity contribution < 1.29 is 4.79 Å². The van der Waals surface area contributed by atoms with Gasteiger partial charge in [-0.3, -0.25) is 4.79 Å². The molecule has 1 amide bonds. The zero-order valence-electron chi connectivity index (χ0n) is 10.9. The highest BCUT2D eigenvalue weighted by Gasteiger charge is 2.20. The summed E-state index contributed by atoms with van der Waals surface area (Å²) in [6, 6.07) is 9.85. The van der Waals surface area contributed by atoms with E-state index in [1.807, 2.05) is 18.2 Å². The molecule has 3 nitrogen and oxygen atoms in total. The first kappa shape index (κ1) is 13.7. The van der Waals surface area contributed by atoms with Gasteiger partial charge < -0.3 is 11.1 Å². The van der Waals surface area contributed by atoms with Crippen molar-refractivity contribution in [1.82, 2.24) is 5.32 Å². The lowest BCUT2D eigenvalue weighted by Crippen LogP contribution is -2.43. The summed E-state index contributed by atoms with van der Waals surface area (Å²) in [6.45, 7) is 6.62. The number of nitrogens with two attached hydrogens (primary N) is 1. The molecule has 0 saturated heterocycles. The second kappa shape index (κ2) is 5.82. The van der Waals surface area contributed by atoms with E-state index in [1.165, 1.54) is 5.56 Å². The van der Waals surface area contributed by atoms with Crippen molar-refractivity contribution in [3.63, 3.8) is 0 Å².